The van der Waals surface area contributed by atoms with Crippen molar-refractivity contribution >= 4 is 11.8 Å². The average molecular weight is 253 g/mol. The number of piperidine rings is 1. The number of nitrogens with one attached hydrogen (secondary N) is 2. The van der Waals surface area contributed by atoms with Gasteiger partial charge in [-0.05, 0) is 45.8 Å². The molecule has 2 amide bonds. The lowest BCUT2D eigenvalue weighted by Crippen LogP contribution is -2.41. The fourth-order valence-electron chi connectivity index (χ4n) is 2.77. The van der Waals surface area contributed by atoms with E-state index in [9.17, 15) is 9.59 Å². The van der Waals surface area contributed by atoms with Gasteiger partial charge in [0.05, 0.1) is 12.5 Å². The van der Waals surface area contributed by atoms with Crippen molar-refractivity contribution < 1.29 is 9.59 Å². The van der Waals surface area contributed by atoms with Crippen molar-refractivity contribution in [2.45, 2.75) is 51.1 Å². The lowest BCUT2D eigenvalue weighted by Gasteiger charge is -2.33. The smallest absolute Gasteiger partial charge is 0.244 e. The fraction of sp³-hybridized carbons (Fsp3) is 0.846. The third-order valence-electron chi connectivity index (χ3n) is 3.92. The van der Waals surface area contributed by atoms with Crippen molar-refractivity contribution in [3.05, 3.63) is 0 Å². The first-order valence-electron chi connectivity index (χ1n) is 6.98. The first-order valence-corrected chi connectivity index (χ1v) is 6.98. The minimum absolute atomic E-state index is 0.165. The van der Waals surface area contributed by atoms with Gasteiger partial charge >= 0.3 is 0 Å². The Morgan fingerprint density at radius 3 is 2.89 bits per heavy atom. The number of imide groups is 1. The zero-order valence-electron chi connectivity index (χ0n) is 11.1. The van der Waals surface area contributed by atoms with Crippen LogP contribution in [0, 0.1) is 0 Å². The van der Waals surface area contributed by atoms with Gasteiger partial charge in [0.1, 0.15) is 0 Å². The largest absolute Gasteiger partial charge is 0.305 e. The maximum atomic E-state index is 11.3. The van der Waals surface area contributed by atoms with Gasteiger partial charge < -0.3 is 10.2 Å². The van der Waals surface area contributed by atoms with Gasteiger partial charge in [-0.1, -0.05) is 6.42 Å². The summed E-state index contributed by atoms with van der Waals surface area (Å²) >= 11 is 0. The Bertz CT molecular complexity index is 319. The van der Waals surface area contributed by atoms with E-state index in [1.165, 1.54) is 25.8 Å². The van der Waals surface area contributed by atoms with Gasteiger partial charge in [-0.25, -0.2) is 0 Å². The van der Waals surface area contributed by atoms with Crippen LogP contribution in [0.15, 0.2) is 0 Å². The molecule has 2 aliphatic heterocycles. The number of hydrogen-bond acceptors (Lipinski definition) is 4. The minimum atomic E-state index is -0.309. The summed E-state index contributed by atoms with van der Waals surface area (Å²) in [5.74, 6) is -0.339. The highest BCUT2D eigenvalue weighted by Crippen LogP contribution is 2.16. The van der Waals surface area contributed by atoms with Crippen LogP contribution in [-0.2, 0) is 9.59 Å². The maximum absolute atomic E-state index is 11.3. The van der Waals surface area contributed by atoms with Gasteiger partial charge in [0.15, 0.2) is 0 Å². The zero-order valence-corrected chi connectivity index (χ0v) is 11.1. The predicted molar refractivity (Wildman–Crippen MR) is 69.1 cm³/mol. The average Bonchev–Trinajstić information content (AvgIpc) is 2.65. The first kappa shape index (κ1) is 13.5. The topological polar surface area (TPSA) is 61.4 Å². The van der Waals surface area contributed by atoms with Crippen LogP contribution in [0.1, 0.15) is 39.0 Å². The van der Waals surface area contributed by atoms with E-state index in [4.69, 9.17) is 0 Å². The summed E-state index contributed by atoms with van der Waals surface area (Å²) in [4.78, 5) is 24.9. The van der Waals surface area contributed by atoms with Gasteiger partial charge in [0.25, 0.3) is 0 Å². The molecule has 0 aromatic rings. The third kappa shape index (κ3) is 3.53. The molecule has 2 aliphatic rings. The molecule has 2 unspecified atom stereocenters. The Morgan fingerprint density at radius 1 is 1.39 bits per heavy atom. The highest BCUT2D eigenvalue weighted by atomic mass is 16.2. The van der Waals surface area contributed by atoms with Crippen LogP contribution in [0.5, 0.6) is 0 Å². The minimum Gasteiger partial charge on any atom is -0.305 e. The number of rotatable bonds is 5. The van der Waals surface area contributed by atoms with Crippen LogP contribution in [0.3, 0.4) is 0 Å². The van der Waals surface area contributed by atoms with Crippen LogP contribution in [0.25, 0.3) is 0 Å². The zero-order chi connectivity index (χ0) is 13.0. The van der Waals surface area contributed by atoms with Crippen LogP contribution in [-0.4, -0.2) is 48.4 Å². The molecule has 102 valence electrons. The number of carbonyl (C=O) groups excluding carboxylic acids is 2. The van der Waals surface area contributed by atoms with Crippen LogP contribution in [0.4, 0.5) is 0 Å². The molecule has 2 N–H and O–H groups in total. The van der Waals surface area contributed by atoms with Crippen molar-refractivity contribution in [2.75, 3.05) is 19.6 Å². The van der Waals surface area contributed by atoms with Crippen LogP contribution < -0.4 is 10.6 Å². The van der Waals surface area contributed by atoms with E-state index in [-0.39, 0.29) is 17.9 Å². The van der Waals surface area contributed by atoms with E-state index in [2.05, 4.69) is 22.5 Å². The molecular formula is C13H23N3O2. The van der Waals surface area contributed by atoms with Crippen molar-refractivity contribution in [1.82, 2.24) is 15.5 Å². The molecule has 18 heavy (non-hydrogen) atoms. The number of amides is 2. The standard InChI is InChI=1S/C13H23N3O2/c1-10-5-2-3-7-16(10)8-4-6-14-11-9-12(17)15-13(11)18/h10-11,14H,2-9H2,1H3,(H,15,17,18). The molecule has 0 bridgehead atoms. The summed E-state index contributed by atoms with van der Waals surface area (Å²) in [6, 6.07) is 0.381. The molecule has 2 fully saturated rings. The van der Waals surface area contributed by atoms with Crippen molar-refractivity contribution in [3.8, 4) is 0 Å². The third-order valence-corrected chi connectivity index (χ3v) is 3.92. The quantitative estimate of drug-likeness (QED) is 0.545. The molecule has 2 saturated heterocycles. The summed E-state index contributed by atoms with van der Waals surface area (Å²) in [6.07, 6.45) is 5.27. The van der Waals surface area contributed by atoms with Gasteiger partial charge in [-0.2, -0.15) is 0 Å². The molecule has 0 aromatic carbocycles. The van der Waals surface area contributed by atoms with E-state index in [0.717, 1.165) is 19.5 Å². The highest BCUT2D eigenvalue weighted by molar-refractivity contribution is 6.05. The van der Waals surface area contributed by atoms with Gasteiger partial charge in [-0.3, -0.25) is 14.9 Å². The second-order valence-electron chi connectivity index (χ2n) is 5.36. The summed E-state index contributed by atoms with van der Waals surface area (Å²) in [6.45, 7) is 5.37. The van der Waals surface area contributed by atoms with Crippen molar-refractivity contribution in [2.24, 2.45) is 0 Å². The summed E-state index contributed by atoms with van der Waals surface area (Å²) in [5.41, 5.74) is 0. The van der Waals surface area contributed by atoms with Gasteiger partial charge in [0, 0.05) is 6.04 Å². The van der Waals surface area contributed by atoms with E-state index in [1.807, 2.05) is 0 Å². The SMILES string of the molecule is CC1CCCCN1CCCNC1CC(=O)NC1=O. The van der Waals surface area contributed by atoms with Crippen LogP contribution >= 0.6 is 0 Å². The van der Waals surface area contributed by atoms with E-state index in [1.54, 1.807) is 0 Å². The van der Waals surface area contributed by atoms with E-state index < -0.39 is 0 Å². The Hall–Kier alpha value is -0.940. The Morgan fingerprint density at radius 2 is 2.22 bits per heavy atom. The summed E-state index contributed by atoms with van der Waals surface area (Å²) in [7, 11) is 0. The number of nitrogens with zero attached hydrogens (tertiary/aromatic N) is 1. The van der Waals surface area contributed by atoms with Gasteiger partial charge in [-0.15, -0.1) is 0 Å². The summed E-state index contributed by atoms with van der Waals surface area (Å²) < 4.78 is 0. The van der Waals surface area contributed by atoms with Crippen molar-refractivity contribution in [1.29, 1.82) is 0 Å². The molecule has 0 aliphatic carbocycles. The predicted octanol–water partition coefficient (Wildman–Crippen LogP) is 0.256. The van der Waals surface area contributed by atoms with E-state index >= 15 is 0 Å². The molecule has 0 aromatic heterocycles. The van der Waals surface area contributed by atoms with E-state index in [0.29, 0.717) is 12.5 Å². The highest BCUT2D eigenvalue weighted by Gasteiger charge is 2.29. The Kier molecular flexibility index (Phi) is 4.72. The molecule has 2 atom stereocenters. The fourth-order valence-corrected chi connectivity index (χ4v) is 2.77. The Labute approximate surface area is 108 Å². The first-order chi connectivity index (χ1) is 8.66. The summed E-state index contributed by atoms with van der Waals surface area (Å²) in [5, 5.41) is 5.47. The Balaban J connectivity index is 1.61. The molecule has 5 heteroatoms. The number of hydrogen-bond donors (Lipinski definition) is 2. The molecular weight excluding hydrogens is 230 g/mol. The molecule has 2 heterocycles. The van der Waals surface area contributed by atoms with Crippen molar-refractivity contribution in [3.63, 3.8) is 0 Å². The van der Waals surface area contributed by atoms with Gasteiger partial charge in [0.2, 0.25) is 11.8 Å². The van der Waals surface area contributed by atoms with Crippen LogP contribution in [0.2, 0.25) is 0 Å². The number of carbonyl (C=O) groups is 2. The number of likely N-dealkylation sites (tertiary alicyclic amines) is 1. The lowest BCUT2D eigenvalue weighted by molar-refractivity contribution is -0.125. The second kappa shape index (κ2) is 6.29. The molecule has 0 radical (unpaired) electrons. The molecule has 5 nitrogen and oxygen atoms in total. The normalized spacial score (nSPS) is 29.6. The molecule has 2 rings (SSSR count). The second-order valence-corrected chi connectivity index (χ2v) is 5.36. The lowest BCUT2D eigenvalue weighted by atomic mass is 10.0. The monoisotopic (exact) mass is 253 g/mol. The molecule has 0 saturated carbocycles. The maximum Gasteiger partial charge on any atom is 0.244 e. The molecule has 0 spiro atoms.